The van der Waals surface area contributed by atoms with Gasteiger partial charge in [-0.15, -0.1) is 0 Å². The van der Waals surface area contributed by atoms with Crippen LogP contribution < -0.4 is 10.1 Å². The van der Waals surface area contributed by atoms with Crippen molar-refractivity contribution >= 4 is 23.4 Å². The minimum Gasteiger partial charge on any atom is -0.495 e. The van der Waals surface area contributed by atoms with E-state index in [2.05, 4.69) is 15.3 Å². The van der Waals surface area contributed by atoms with Gasteiger partial charge in [-0.1, -0.05) is 12.1 Å². The van der Waals surface area contributed by atoms with Crippen molar-refractivity contribution in [1.29, 1.82) is 0 Å². The predicted octanol–water partition coefficient (Wildman–Crippen LogP) is 3.51. The standard InChI is InChI=1S/C20H18N4O4/c1-28-15-5-3-2-4-13(15)22-18-16-14(8-11-24(19(16)25)20(26)27)23-17(18)12-6-9-21-10-7-12/h2-7,9-10,22-23H,8,11H2,1H3,(H,26,27). The van der Waals surface area contributed by atoms with Crippen LogP contribution in [0.25, 0.3) is 11.3 Å². The highest BCUT2D eigenvalue weighted by atomic mass is 16.5. The Morgan fingerprint density at radius 3 is 2.71 bits per heavy atom. The first-order valence-electron chi connectivity index (χ1n) is 8.70. The average molecular weight is 378 g/mol. The molecule has 4 rings (SSSR count). The second kappa shape index (κ2) is 7.07. The van der Waals surface area contributed by atoms with E-state index in [1.54, 1.807) is 25.6 Å². The Hall–Kier alpha value is -3.81. The topological polar surface area (TPSA) is 108 Å². The van der Waals surface area contributed by atoms with Crippen molar-refractivity contribution in [3.63, 3.8) is 0 Å². The van der Waals surface area contributed by atoms with Crippen LogP contribution >= 0.6 is 0 Å². The van der Waals surface area contributed by atoms with Gasteiger partial charge in [0.15, 0.2) is 0 Å². The van der Waals surface area contributed by atoms with E-state index < -0.39 is 12.0 Å². The number of aromatic nitrogens is 2. The summed E-state index contributed by atoms with van der Waals surface area (Å²) in [5, 5.41) is 12.6. The average Bonchev–Trinajstić information content (AvgIpc) is 3.08. The lowest BCUT2D eigenvalue weighted by molar-refractivity contribution is 0.0728. The van der Waals surface area contributed by atoms with E-state index >= 15 is 0 Å². The number of imide groups is 1. The first-order chi connectivity index (χ1) is 13.6. The number of amides is 2. The molecule has 2 aromatic heterocycles. The molecule has 0 radical (unpaired) electrons. The van der Waals surface area contributed by atoms with E-state index in [4.69, 9.17) is 4.74 Å². The highest BCUT2D eigenvalue weighted by Crippen LogP contribution is 2.39. The Kier molecular flexibility index (Phi) is 4.44. The van der Waals surface area contributed by atoms with Crippen molar-refractivity contribution in [2.24, 2.45) is 0 Å². The van der Waals surface area contributed by atoms with Gasteiger partial charge < -0.3 is 20.1 Å². The second-order valence-electron chi connectivity index (χ2n) is 6.28. The fourth-order valence-corrected chi connectivity index (χ4v) is 3.36. The quantitative estimate of drug-likeness (QED) is 0.641. The molecule has 0 spiro atoms. The van der Waals surface area contributed by atoms with Gasteiger partial charge in [0.05, 0.1) is 29.7 Å². The Labute approximate surface area is 160 Å². The molecule has 1 aliphatic heterocycles. The fraction of sp³-hybridized carbons (Fsp3) is 0.150. The Morgan fingerprint density at radius 1 is 1.25 bits per heavy atom. The normalized spacial score (nSPS) is 13.2. The SMILES string of the molecule is COc1ccccc1Nc1c(-c2ccncc2)[nH]c2c1C(=O)N(C(=O)O)CC2. The van der Waals surface area contributed by atoms with Crippen molar-refractivity contribution < 1.29 is 19.4 Å². The number of nitrogens with zero attached hydrogens (tertiary/aromatic N) is 2. The van der Waals surface area contributed by atoms with E-state index in [-0.39, 0.29) is 6.54 Å². The number of carboxylic acid groups (broad SMARTS) is 1. The van der Waals surface area contributed by atoms with E-state index in [9.17, 15) is 14.7 Å². The van der Waals surface area contributed by atoms with Crippen LogP contribution in [0.3, 0.4) is 0 Å². The number of aromatic amines is 1. The number of H-pyrrole nitrogens is 1. The largest absolute Gasteiger partial charge is 0.495 e. The van der Waals surface area contributed by atoms with Gasteiger partial charge in [-0.25, -0.2) is 9.69 Å². The fourth-order valence-electron chi connectivity index (χ4n) is 3.36. The molecular formula is C20H18N4O4. The molecule has 0 unspecified atom stereocenters. The molecule has 3 aromatic rings. The maximum Gasteiger partial charge on any atom is 0.414 e. The zero-order valence-electron chi connectivity index (χ0n) is 15.1. The summed E-state index contributed by atoms with van der Waals surface area (Å²) < 4.78 is 5.40. The number of carbonyl (C=O) groups is 2. The molecule has 0 saturated heterocycles. The first kappa shape index (κ1) is 17.6. The smallest absolute Gasteiger partial charge is 0.414 e. The minimum absolute atomic E-state index is 0.117. The van der Waals surface area contributed by atoms with Crippen molar-refractivity contribution in [3.05, 3.63) is 60.0 Å². The zero-order valence-corrected chi connectivity index (χ0v) is 15.1. The molecule has 0 bridgehead atoms. The zero-order chi connectivity index (χ0) is 19.7. The van der Waals surface area contributed by atoms with Crippen molar-refractivity contribution in [1.82, 2.24) is 14.9 Å². The van der Waals surface area contributed by atoms with Crippen LogP contribution in [0.4, 0.5) is 16.2 Å². The number of benzene rings is 1. The van der Waals surface area contributed by atoms with Gasteiger partial charge in [-0.3, -0.25) is 9.78 Å². The maximum absolute atomic E-state index is 12.9. The van der Waals surface area contributed by atoms with Gasteiger partial charge in [-0.05, 0) is 24.3 Å². The molecule has 3 N–H and O–H groups in total. The number of para-hydroxylation sites is 2. The predicted molar refractivity (Wildman–Crippen MR) is 103 cm³/mol. The number of rotatable bonds is 4. The summed E-state index contributed by atoms with van der Waals surface area (Å²) in [5.41, 5.74) is 3.73. The van der Waals surface area contributed by atoms with Crippen LogP contribution in [-0.4, -0.2) is 45.6 Å². The lowest BCUT2D eigenvalue weighted by Crippen LogP contribution is -2.41. The highest BCUT2D eigenvalue weighted by Gasteiger charge is 2.34. The minimum atomic E-state index is -1.26. The molecule has 0 atom stereocenters. The molecule has 8 nitrogen and oxygen atoms in total. The van der Waals surface area contributed by atoms with E-state index in [1.165, 1.54) is 0 Å². The summed E-state index contributed by atoms with van der Waals surface area (Å²) in [5.74, 6) is 0.0548. The number of ether oxygens (including phenoxy) is 1. The van der Waals surface area contributed by atoms with Gasteiger partial charge in [0.2, 0.25) is 0 Å². The van der Waals surface area contributed by atoms with Crippen LogP contribution in [0, 0.1) is 0 Å². The van der Waals surface area contributed by atoms with Gasteiger partial charge in [-0.2, -0.15) is 0 Å². The lowest BCUT2D eigenvalue weighted by Gasteiger charge is -2.23. The van der Waals surface area contributed by atoms with Gasteiger partial charge in [0.25, 0.3) is 5.91 Å². The molecular weight excluding hydrogens is 360 g/mol. The summed E-state index contributed by atoms with van der Waals surface area (Å²) in [7, 11) is 1.56. The van der Waals surface area contributed by atoms with Crippen molar-refractivity contribution in [2.45, 2.75) is 6.42 Å². The van der Waals surface area contributed by atoms with E-state index in [0.717, 1.165) is 10.5 Å². The van der Waals surface area contributed by atoms with Crippen LogP contribution in [0.2, 0.25) is 0 Å². The number of hydrogen-bond donors (Lipinski definition) is 3. The summed E-state index contributed by atoms with van der Waals surface area (Å²) in [6.45, 7) is 0.117. The van der Waals surface area contributed by atoms with Gasteiger partial charge in [0.1, 0.15) is 5.75 Å². The number of pyridine rings is 1. The maximum atomic E-state index is 12.9. The third kappa shape index (κ3) is 2.94. The molecule has 0 fully saturated rings. The molecule has 1 aromatic carbocycles. The summed E-state index contributed by atoms with van der Waals surface area (Å²) in [4.78, 5) is 32.5. The molecule has 8 heteroatoms. The third-order valence-corrected chi connectivity index (χ3v) is 4.69. The Bertz CT molecular complexity index is 1050. The molecule has 142 valence electrons. The monoisotopic (exact) mass is 378 g/mol. The summed E-state index contributed by atoms with van der Waals surface area (Å²) in [6, 6.07) is 11.0. The van der Waals surface area contributed by atoms with Gasteiger partial charge >= 0.3 is 6.09 Å². The van der Waals surface area contributed by atoms with E-state index in [1.807, 2.05) is 30.3 Å². The van der Waals surface area contributed by atoms with Crippen molar-refractivity contribution in [3.8, 4) is 17.0 Å². The Balaban J connectivity index is 1.88. The van der Waals surface area contributed by atoms with Crippen LogP contribution in [0.1, 0.15) is 16.1 Å². The van der Waals surface area contributed by atoms with Crippen molar-refractivity contribution in [2.75, 3.05) is 19.0 Å². The third-order valence-electron chi connectivity index (χ3n) is 4.69. The highest BCUT2D eigenvalue weighted by molar-refractivity contribution is 6.10. The molecule has 1 aliphatic rings. The number of carbonyl (C=O) groups excluding carboxylic acids is 1. The number of hydrogen-bond acceptors (Lipinski definition) is 5. The van der Waals surface area contributed by atoms with Crippen LogP contribution in [0.15, 0.2) is 48.8 Å². The molecule has 0 saturated carbocycles. The first-order valence-corrected chi connectivity index (χ1v) is 8.70. The van der Waals surface area contributed by atoms with Crippen LogP contribution in [-0.2, 0) is 6.42 Å². The number of anilines is 2. The number of methoxy groups -OCH3 is 1. The molecule has 28 heavy (non-hydrogen) atoms. The number of fused-ring (bicyclic) bond motifs is 1. The lowest BCUT2D eigenvalue weighted by atomic mass is 10.0. The Morgan fingerprint density at radius 2 is 2.00 bits per heavy atom. The molecule has 3 heterocycles. The number of nitrogens with one attached hydrogen (secondary N) is 2. The molecule has 2 amide bonds. The second-order valence-corrected chi connectivity index (χ2v) is 6.28. The molecule has 0 aliphatic carbocycles. The van der Waals surface area contributed by atoms with Gasteiger partial charge in [0, 0.05) is 36.6 Å². The van der Waals surface area contributed by atoms with Crippen LogP contribution in [0.5, 0.6) is 5.75 Å². The summed E-state index contributed by atoms with van der Waals surface area (Å²) >= 11 is 0. The van der Waals surface area contributed by atoms with E-state index in [0.29, 0.717) is 40.5 Å². The summed E-state index contributed by atoms with van der Waals surface area (Å²) in [6.07, 6.45) is 2.48.